The third-order valence-electron chi connectivity index (χ3n) is 4.53. The second-order valence-electron chi connectivity index (χ2n) is 6.52. The Labute approximate surface area is 160 Å². The van der Waals surface area contributed by atoms with E-state index in [0.717, 1.165) is 43.1 Å². The van der Waals surface area contributed by atoms with Crippen LogP contribution in [0, 0.1) is 0 Å². The molecule has 2 aromatic rings. The maximum atomic E-state index is 11.5. The van der Waals surface area contributed by atoms with Gasteiger partial charge in [0, 0.05) is 31.7 Å². The van der Waals surface area contributed by atoms with Gasteiger partial charge in [-0.1, -0.05) is 24.3 Å². The molecule has 0 N–H and O–H groups in total. The van der Waals surface area contributed by atoms with E-state index in [1.807, 2.05) is 42.6 Å². The number of hydrazone groups is 1. The van der Waals surface area contributed by atoms with Crippen molar-refractivity contribution in [2.45, 2.75) is 6.61 Å². The summed E-state index contributed by atoms with van der Waals surface area (Å²) in [5.74, 6) is 0.445. The highest BCUT2D eigenvalue weighted by atomic mass is 16.5. The number of carbonyl (C=O) groups excluding carboxylic acids is 1. The maximum absolute atomic E-state index is 11.5. The van der Waals surface area contributed by atoms with Gasteiger partial charge in [-0.15, -0.1) is 0 Å². The Morgan fingerprint density at radius 2 is 1.78 bits per heavy atom. The number of carbonyl (C=O) groups is 1. The minimum atomic E-state index is -0.340. The van der Waals surface area contributed by atoms with Crippen molar-refractivity contribution in [3.63, 3.8) is 0 Å². The third kappa shape index (κ3) is 5.31. The first-order valence-corrected chi connectivity index (χ1v) is 9.02. The van der Waals surface area contributed by atoms with Crippen LogP contribution in [-0.4, -0.2) is 62.4 Å². The van der Waals surface area contributed by atoms with Gasteiger partial charge in [0.15, 0.2) is 0 Å². The van der Waals surface area contributed by atoms with Crippen LogP contribution < -0.4 is 4.74 Å². The number of esters is 1. The summed E-state index contributed by atoms with van der Waals surface area (Å²) in [6.45, 7) is 4.33. The predicted molar refractivity (Wildman–Crippen MR) is 105 cm³/mol. The van der Waals surface area contributed by atoms with Crippen molar-refractivity contribution in [2.75, 3.05) is 40.3 Å². The second-order valence-corrected chi connectivity index (χ2v) is 6.52. The van der Waals surface area contributed by atoms with Crippen LogP contribution in [0.3, 0.4) is 0 Å². The van der Waals surface area contributed by atoms with Crippen LogP contribution in [0.5, 0.6) is 5.75 Å². The molecule has 6 heteroatoms. The number of rotatable bonds is 6. The SMILES string of the molecule is COC(=O)c1ccc(COc2ccccc2/C=N/N2CCN(C)CC2)cc1. The molecule has 6 nitrogen and oxygen atoms in total. The minimum Gasteiger partial charge on any atom is -0.488 e. The van der Waals surface area contributed by atoms with Crippen molar-refractivity contribution in [1.82, 2.24) is 9.91 Å². The van der Waals surface area contributed by atoms with Crippen molar-refractivity contribution in [3.8, 4) is 5.75 Å². The molecule has 0 radical (unpaired) electrons. The highest BCUT2D eigenvalue weighted by Gasteiger charge is 2.11. The van der Waals surface area contributed by atoms with Gasteiger partial charge in [0.05, 0.1) is 18.9 Å². The molecule has 0 spiro atoms. The number of nitrogens with zero attached hydrogens (tertiary/aromatic N) is 3. The lowest BCUT2D eigenvalue weighted by atomic mass is 10.1. The fourth-order valence-corrected chi connectivity index (χ4v) is 2.79. The van der Waals surface area contributed by atoms with Crippen molar-refractivity contribution >= 4 is 12.2 Å². The second kappa shape index (κ2) is 9.19. The Balaban J connectivity index is 1.61. The van der Waals surface area contributed by atoms with E-state index in [1.165, 1.54) is 7.11 Å². The Bertz CT molecular complexity index is 782. The Morgan fingerprint density at radius 3 is 2.48 bits per heavy atom. The van der Waals surface area contributed by atoms with E-state index >= 15 is 0 Å². The van der Waals surface area contributed by atoms with Crippen molar-refractivity contribution in [3.05, 3.63) is 65.2 Å². The molecular formula is C21H25N3O3. The van der Waals surface area contributed by atoms with Gasteiger partial charge >= 0.3 is 5.97 Å². The normalized spacial score (nSPS) is 15.1. The zero-order valence-electron chi connectivity index (χ0n) is 15.8. The van der Waals surface area contributed by atoms with Gasteiger partial charge in [0.2, 0.25) is 0 Å². The summed E-state index contributed by atoms with van der Waals surface area (Å²) in [7, 11) is 3.50. The predicted octanol–water partition coefficient (Wildman–Crippen LogP) is 2.63. The third-order valence-corrected chi connectivity index (χ3v) is 4.53. The first-order valence-electron chi connectivity index (χ1n) is 9.02. The quantitative estimate of drug-likeness (QED) is 0.580. The van der Waals surface area contributed by atoms with E-state index in [1.54, 1.807) is 12.1 Å². The Hall–Kier alpha value is -2.86. The minimum absolute atomic E-state index is 0.340. The van der Waals surface area contributed by atoms with E-state index in [9.17, 15) is 4.79 Å². The van der Waals surface area contributed by atoms with Crippen LogP contribution in [0.15, 0.2) is 53.6 Å². The van der Waals surface area contributed by atoms with E-state index in [0.29, 0.717) is 12.2 Å². The fourth-order valence-electron chi connectivity index (χ4n) is 2.79. The molecule has 1 heterocycles. The van der Waals surface area contributed by atoms with Gasteiger partial charge in [0.25, 0.3) is 0 Å². The number of likely N-dealkylation sites (N-methyl/N-ethyl adjacent to an activating group) is 1. The van der Waals surface area contributed by atoms with E-state index < -0.39 is 0 Å². The summed E-state index contributed by atoms with van der Waals surface area (Å²) in [6, 6.07) is 15.1. The summed E-state index contributed by atoms with van der Waals surface area (Å²) < 4.78 is 10.7. The molecule has 0 aromatic heterocycles. The van der Waals surface area contributed by atoms with Crippen LogP contribution >= 0.6 is 0 Å². The fraction of sp³-hybridized carbons (Fsp3) is 0.333. The molecule has 2 aromatic carbocycles. The number of para-hydroxylation sites is 1. The van der Waals surface area contributed by atoms with Gasteiger partial charge in [-0.05, 0) is 36.9 Å². The van der Waals surface area contributed by atoms with Crippen molar-refractivity contribution in [1.29, 1.82) is 0 Å². The maximum Gasteiger partial charge on any atom is 0.337 e. The van der Waals surface area contributed by atoms with Gasteiger partial charge in [-0.25, -0.2) is 4.79 Å². The van der Waals surface area contributed by atoms with Crippen LogP contribution in [0.25, 0.3) is 0 Å². The molecule has 27 heavy (non-hydrogen) atoms. The monoisotopic (exact) mass is 367 g/mol. The van der Waals surface area contributed by atoms with Crippen molar-refractivity contribution < 1.29 is 14.3 Å². The number of benzene rings is 2. The lowest BCUT2D eigenvalue weighted by Gasteiger charge is -2.30. The molecule has 0 amide bonds. The summed E-state index contributed by atoms with van der Waals surface area (Å²) in [5.41, 5.74) is 2.46. The molecule has 142 valence electrons. The van der Waals surface area contributed by atoms with Crippen molar-refractivity contribution in [2.24, 2.45) is 5.10 Å². The largest absolute Gasteiger partial charge is 0.488 e. The van der Waals surface area contributed by atoms with Crippen LogP contribution in [0.1, 0.15) is 21.5 Å². The first kappa shape index (κ1) is 18.9. The molecule has 0 atom stereocenters. The smallest absolute Gasteiger partial charge is 0.337 e. The molecule has 1 saturated heterocycles. The molecule has 1 fully saturated rings. The molecule has 1 aliphatic heterocycles. The zero-order chi connectivity index (χ0) is 19.1. The highest BCUT2D eigenvalue weighted by molar-refractivity contribution is 5.89. The molecular weight excluding hydrogens is 342 g/mol. The van der Waals surface area contributed by atoms with E-state index in [2.05, 4.69) is 22.1 Å². The number of hydrogen-bond acceptors (Lipinski definition) is 6. The molecule has 0 unspecified atom stereocenters. The lowest BCUT2D eigenvalue weighted by Crippen LogP contribution is -2.41. The van der Waals surface area contributed by atoms with Gasteiger partial charge in [-0.3, -0.25) is 5.01 Å². The highest BCUT2D eigenvalue weighted by Crippen LogP contribution is 2.18. The van der Waals surface area contributed by atoms with Gasteiger partial charge in [-0.2, -0.15) is 5.10 Å². The number of methoxy groups -OCH3 is 1. The summed E-state index contributed by atoms with van der Waals surface area (Å²) in [4.78, 5) is 13.8. The zero-order valence-corrected chi connectivity index (χ0v) is 15.8. The Kier molecular flexibility index (Phi) is 6.44. The summed E-state index contributed by atoms with van der Waals surface area (Å²) >= 11 is 0. The molecule has 1 aliphatic rings. The summed E-state index contributed by atoms with van der Waals surface area (Å²) in [5, 5.41) is 6.68. The molecule has 0 saturated carbocycles. The average Bonchev–Trinajstić information content (AvgIpc) is 2.72. The number of piperazine rings is 1. The van der Waals surface area contributed by atoms with E-state index in [-0.39, 0.29) is 5.97 Å². The first-order chi connectivity index (χ1) is 13.2. The molecule has 3 rings (SSSR count). The van der Waals surface area contributed by atoms with Gasteiger partial charge < -0.3 is 14.4 Å². The van der Waals surface area contributed by atoms with Crippen LogP contribution in [0.4, 0.5) is 0 Å². The molecule has 0 bridgehead atoms. The number of hydrogen-bond donors (Lipinski definition) is 0. The van der Waals surface area contributed by atoms with Gasteiger partial charge in [0.1, 0.15) is 12.4 Å². The number of ether oxygens (including phenoxy) is 2. The van der Waals surface area contributed by atoms with Crippen LogP contribution in [-0.2, 0) is 11.3 Å². The summed E-state index contributed by atoms with van der Waals surface area (Å²) in [6.07, 6.45) is 1.86. The lowest BCUT2D eigenvalue weighted by molar-refractivity contribution is 0.0600. The van der Waals surface area contributed by atoms with E-state index in [4.69, 9.17) is 9.47 Å². The standard InChI is InChI=1S/C21H25N3O3/c1-23-11-13-24(14-12-23)22-15-19-5-3-4-6-20(19)27-16-17-7-9-18(10-8-17)21(25)26-2/h3-10,15H,11-14,16H2,1-2H3/b22-15+. The average molecular weight is 367 g/mol. The Morgan fingerprint density at radius 1 is 1.07 bits per heavy atom. The van der Waals surface area contributed by atoms with Crippen LogP contribution in [0.2, 0.25) is 0 Å². The molecule has 0 aliphatic carbocycles. The topological polar surface area (TPSA) is 54.4 Å².